The monoisotopic (exact) mass is 193 g/mol. The second-order valence-electron chi connectivity index (χ2n) is 5.11. The van der Waals surface area contributed by atoms with E-state index in [2.05, 4.69) is 19.9 Å². The van der Waals surface area contributed by atoms with E-state index < -0.39 is 0 Å². The molecule has 0 aromatic carbocycles. The van der Waals surface area contributed by atoms with Crippen molar-refractivity contribution in [2.24, 2.45) is 5.73 Å². The average Bonchev–Trinajstić information content (AvgIpc) is 2.72. The maximum Gasteiger partial charge on any atom is 0.104 e. The Morgan fingerprint density at radius 3 is 2.29 bits per heavy atom. The third-order valence-corrected chi connectivity index (χ3v) is 3.75. The zero-order valence-corrected chi connectivity index (χ0v) is 9.48. The van der Waals surface area contributed by atoms with Gasteiger partial charge in [0.1, 0.15) is 11.5 Å². The number of rotatable bonds is 2. The van der Waals surface area contributed by atoms with E-state index in [4.69, 9.17) is 10.2 Å². The molecule has 0 spiro atoms. The Hall–Kier alpha value is -0.760. The Morgan fingerprint density at radius 1 is 1.36 bits per heavy atom. The third-order valence-electron chi connectivity index (χ3n) is 3.75. The van der Waals surface area contributed by atoms with Crippen molar-refractivity contribution in [2.75, 3.05) is 0 Å². The first kappa shape index (κ1) is 9.78. The van der Waals surface area contributed by atoms with Crippen molar-refractivity contribution >= 4 is 0 Å². The van der Waals surface area contributed by atoms with E-state index in [1.807, 2.05) is 13.8 Å². The summed E-state index contributed by atoms with van der Waals surface area (Å²) in [5.41, 5.74) is 7.60. The first-order valence-electron chi connectivity index (χ1n) is 5.23. The normalized spacial score (nSPS) is 19.8. The highest BCUT2D eigenvalue weighted by molar-refractivity contribution is 5.35. The summed E-state index contributed by atoms with van der Waals surface area (Å²) in [6.07, 6.45) is 2.26. The van der Waals surface area contributed by atoms with Gasteiger partial charge in [0, 0.05) is 16.5 Å². The summed E-state index contributed by atoms with van der Waals surface area (Å²) < 4.78 is 5.57. The number of hydrogen-bond acceptors (Lipinski definition) is 2. The topological polar surface area (TPSA) is 39.2 Å². The van der Waals surface area contributed by atoms with Gasteiger partial charge >= 0.3 is 0 Å². The van der Waals surface area contributed by atoms with E-state index in [1.54, 1.807) is 0 Å². The quantitative estimate of drug-likeness (QED) is 0.784. The van der Waals surface area contributed by atoms with E-state index in [-0.39, 0.29) is 11.0 Å². The molecule has 0 radical (unpaired) electrons. The molecule has 1 heterocycles. The molecule has 2 heteroatoms. The SMILES string of the molecule is Cc1cc(C(C)(C)C2(N)CC2)c(C)o1. The van der Waals surface area contributed by atoms with Gasteiger partial charge in [-0.25, -0.2) is 0 Å². The Morgan fingerprint density at radius 2 is 1.93 bits per heavy atom. The molecule has 1 aliphatic rings. The fourth-order valence-corrected chi connectivity index (χ4v) is 2.28. The van der Waals surface area contributed by atoms with Crippen LogP contribution in [0.3, 0.4) is 0 Å². The van der Waals surface area contributed by atoms with Crippen molar-refractivity contribution in [1.29, 1.82) is 0 Å². The van der Waals surface area contributed by atoms with Crippen LogP contribution in [-0.2, 0) is 5.41 Å². The molecule has 2 rings (SSSR count). The highest BCUT2D eigenvalue weighted by atomic mass is 16.3. The molecule has 0 amide bonds. The summed E-state index contributed by atoms with van der Waals surface area (Å²) in [6, 6.07) is 2.13. The van der Waals surface area contributed by atoms with Crippen molar-refractivity contribution in [2.45, 2.75) is 51.5 Å². The maximum absolute atomic E-state index is 6.29. The van der Waals surface area contributed by atoms with E-state index >= 15 is 0 Å². The van der Waals surface area contributed by atoms with Crippen LogP contribution in [0.25, 0.3) is 0 Å². The van der Waals surface area contributed by atoms with Crippen LogP contribution in [0.4, 0.5) is 0 Å². The summed E-state index contributed by atoms with van der Waals surface area (Å²) in [4.78, 5) is 0. The molecule has 2 N–H and O–H groups in total. The number of aryl methyl sites for hydroxylation is 2. The number of nitrogens with two attached hydrogens (primary N) is 1. The molecule has 0 aliphatic heterocycles. The Bertz CT molecular complexity index is 358. The van der Waals surface area contributed by atoms with E-state index in [9.17, 15) is 0 Å². The lowest BCUT2D eigenvalue weighted by molar-refractivity contribution is 0.381. The summed E-state index contributed by atoms with van der Waals surface area (Å²) in [5.74, 6) is 2.00. The average molecular weight is 193 g/mol. The summed E-state index contributed by atoms with van der Waals surface area (Å²) in [7, 11) is 0. The van der Waals surface area contributed by atoms with Gasteiger partial charge in [0.25, 0.3) is 0 Å². The first-order valence-corrected chi connectivity index (χ1v) is 5.23. The second-order valence-corrected chi connectivity index (χ2v) is 5.11. The van der Waals surface area contributed by atoms with Crippen LogP contribution in [0.5, 0.6) is 0 Å². The van der Waals surface area contributed by atoms with Crippen molar-refractivity contribution in [3.8, 4) is 0 Å². The van der Waals surface area contributed by atoms with Crippen molar-refractivity contribution in [3.05, 3.63) is 23.2 Å². The van der Waals surface area contributed by atoms with Gasteiger partial charge in [0.05, 0.1) is 0 Å². The smallest absolute Gasteiger partial charge is 0.104 e. The van der Waals surface area contributed by atoms with Gasteiger partial charge in [-0.2, -0.15) is 0 Å². The van der Waals surface area contributed by atoms with E-state index in [0.717, 1.165) is 24.4 Å². The summed E-state index contributed by atoms with van der Waals surface area (Å²) in [5, 5.41) is 0. The van der Waals surface area contributed by atoms with Gasteiger partial charge < -0.3 is 10.2 Å². The van der Waals surface area contributed by atoms with Gasteiger partial charge in [0.2, 0.25) is 0 Å². The molecule has 1 saturated carbocycles. The lowest BCUT2D eigenvalue weighted by atomic mass is 9.76. The fourth-order valence-electron chi connectivity index (χ4n) is 2.28. The molecular formula is C12H19NO. The second kappa shape index (κ2) is 2.63. The standard InChI is InChI=1S/C12H19NO/c1-8-7-10(9(2)14-8)11(3,4)12(13)5-6-12/h7H,5-6,13H2,1-4H3. The van der Waals surface area contributed by atoms with Crippen LogP contribution >= 0.6 is 0 Å². The molecule has 1 fully saturated rings. The van der Waals surface area contributed by atoms with Crippen LogP contribution < -0.4 is 5.73 Å². The van der Waals surface area contributed by atoms with Crippen LogP contribution in [0.1, 0.15) is 43.8 Å². The molecule has 1 aliphatic carbocycles. The largest absolute Gasteiger partial charge is 0.466 e. The highest BCUT2D eigenvalue weighted by Crippen LogP contribution is 2.50. The number of furan rings is 1. The Kier molecular flexibility index (Phi) is 1.84. The van der Waals surface area contributed by atoms with Gasteiger partial charge in [-0.3, -0.25) is 0 Å². The lowest BCUT2D eigenvalue weighted by Crippen LogP contribution is -2.43. The zero-order valence-electron chi connectivity index (χ0n) is 9.48. The molecule has 0 saturated heterocycles. The molecule has 0 bridgehead atoms. The predicted molar refractivity (Wildman–Crippen MR) is 57.4 cm³/mol. The summed E-state index contributed by atoms with van der Waals surface area (Å²) in [6.45, 7) is 8.45. The molecular weight excluding hydrogens is 174 g/mol. The Balaban J connectivity index is 2.43. The minimum Gasteiger partial charge on any atom is -0.466 e. The molecule has 1 aromatic rings. The van der Waals surface area contributed by atoms with Gasteiger partial charge in [-0.1, -0.05) is 13.8 Å². The van der Waals surface area contributed by atoms with E-state index in [1.165, 1.54) is 5.56 Å². The molecule has 0 atom stereocenters. The van der Waals surface area contributed by atoms with Crippen LogP contribution in [0.15, 0.2) is 10.5 Å². The van der Waals surface area contributed by atoms with Gasteiger partial charge in [-0.15, -0.1) is 0 Å². The minimum atomic E-state index is -0.00588. The maximum atomic E-state index is 6.29. The Labute approximate surface area is 85.5 Å². The summed E-state index contributed by atoms with van der Waals surface area (Å²) >= 11 is 0. The first-order chi connectivity index (χ1) is 6.37. The molecule has 0 unspecified atom stereocenters. The molecule has 2 nitrogen and oxygen atoms in total. The molecule has 1 aromatic heterocycles. The molecule has 14 heavy (non-hydrogen) atoms. The van der Waals surface area contributed by atoms with Crippen molar-refractivity contribution in [1.82, 2.24) is 0 Å². The van der Waals surface area contributed by atoms with Gasteiger partial charge in [0.15, 0.2) is 0 Å². The van der Waals surface area contributed by atoms with Crippen molar-refractivity contribution < 1.29 is 4.42 Å². The predicted octanol–water partition coefficient (Wildman–Crippen LogP) is 2.67. The molecule has 78 valence electrons. The highest BCUT2D eigenvalue weighted by Gasteiger charge is 2.52. The van der Waals surface area contributed by atoms with Crippen molar-refractivity contribution in [3.63, 3.8) is 0 Å². The fraction of sp³-hybridized carbons (Fsp3) is 0.667. The lowest BCUT2D eigenvalue weighted by Gasteiger charge is -2.31. The van der Waals surface area contributed by atoms with Crippen LogP contribution in [-0.4, -0.2) is 5.54 Å². The van der Waals surface area contributed by atoms with Gasteiger partial charge in [-0.05, 0) is 32.8 Å². The third kappa shape index (κ3) is 1.21. The van der Waals surface area contributed by atoms with Crippen LogP contribution in [0, 0.1) is 13.8 Å². The van der Waals surface area contributed by atoms with Crippen LogP contribution in [0.2, 0.25) is 0 Å². The zero-order chi connectivity index (χ0) is 10.6. The number of hydrogen-bond donors (Lipinski definition) is 1. The van der Waals surface area contributed by atoms with E-state index in [0.29, 0.717) is 0 Å². The minimum absolute atomic E-state index is 0.00588.